The molecule has 0 unspecified atom stereocenters. The topological polar surface area (TPSA) is 63.6 Å². The lowest BCUT2D eigenvalue weighted by Gasteiger charge is -2.34. The second kappa shape index (κ2) is 7.67. The van der Waals surface area contributed by atoms with Crippen LogP contribution in [-0.2, 0) is 17.9 Å². The molecule has 124 valence electrons. The molecular formula is C15H21N5O2S. The van der Waals surface area contributed by atoms with Crippen molar-refractivity contribution in [2.45, 2.75) is 13.2 Å². The van der Waals surface area contributed by atoms with E-state index in [1.165, 1.54) is 11.5 Å². The second-order valence-electron chi connectivity index (χ2n) is 5.36. The van der Waals surface area contributed by atoms with Crippen molar-refractivity contribution in [1.82, 2.24) is 19.2 Å². The SMILES string of the molecule is COCc1nsc(N2CCN(Cc3cccc(OC)n3)CC2)n1. The maximum Gasteiger partial charge on any atom is 0.213 e. The third kappa shape index (κ3) is 4.15. The van der Waals surface area contributed by atoms with Gasteiger partial charge in [-0.2, -0.15) is 4.37 Å². The van der Waals surface area contributed by atoms with Crippen LogP contribution in [0.4, 0.5) is 5.13 Å². The normalized spacial score (nSPS) is 15.8. The average Bonchev–Trinajstić information content (AvgIpc) is 3.05. The van der Waals surface area contributed by atoms with Crippen molar-refractivity contribution in [2.24, 2.45) is 0 Å². The highest BCUT2D eigenvalue weighted by Crippen LogP contribution is 2.20. The summed E-state index contributed by atoms with van der Waals surface area (Å²) in [5.74, 6) is 1.43. The molecule has 0 saturated carbocycles. The molecule has 0 bridgehead atoms. The quantitative estimate of drug-likeness (QED) is 0.791. The number of rotatable bonds is 6. The van der Waals surface area contributed by atoms with Gasteiger partial charge in [0.25, 0.3) is 0 Å². The van der Waals surface area contributed by atoms with Crippen LogP contribution in [-0.4, -0.2) is 59.6 Å². The number of anilines is 1. The van der Waals surface area contributed by atoms with E-state index in [4.69, 9.17) is 9.47 Å². The van der Waals surface area contributed by atoms with E-state index in [0.717, 1.165) is 49.4 Å². The number of piperazine rings is 1. The minimum absolute atomic E-state index is 0.470. The number of methoxy groups -OCH3 is 2. The highest BCUT2D eigenvalue weighted by atomic mass is 32.1. The predicted octanol–water partition coefficient (Wildman–Crippen LogP) is 1.41. The van der Waals surface area contributed by atoms with Crippen molar-refractivity contribution in [2.75, 3.05) is 45.3 Å². The highest BCUT2D eigenvalue weighted by molar-refractivity contribution is 7.09. The first-order valence-corrected chi connectivity index (χ1v) is 8.34. The van der Waals surface area contributed by atoms with Crippen molar-refractivity contribution in [3.63, 3.8) is 0 Å². The number of hydrogen-bond donors (Lipinski definition) is 0. The van der Waals surface area contributed by atoms with E-state index < -0.39 is 0 Å². The fraction of sp³-hybridized carbons (Fsp3) is 0.533. The predicted molar refractivity (Wildman–Crippen MR) is 88.9 cm³/mol. The van der Waals surface area contributed by atoms with Crippen LogP contribution in [0.2, 0.25) is 0 Å². The number of nitrogens with zero attached hydrogens (tertiary/aromatic N) is 5. The van der Waals surface area contributed by atoms with E-state index in [-0.39, 0.29) is 0 Å². The number of hydrogen-bond acceptors (Lipinski definition) is 8. The van der Waals surface area contributed by atoms with Gasteiger partial charge in [0.05, 0.1) is 12.8 Å². The second-order valence-corrected chi connectivity index (χ2v) is 6.09. The molecule has 0 spiro atoms. The van der Waals surface area contributed by atoms with Gasteiger partial charge in [-0.05, 0) is 6.07 Å². The zero-order valence-electron chi connectivity index (χ0n) is 13.4. The molecule has 1 fully saturated rings. The first kappa shape index (κ1) is 16.1. The van der Waals surface area contributed by atoms with Crippen LogP contribution in [0, 0.1) is 0 Å². The van der Waals surface area contributed by atoms with E-state index in [2.05, 4.69) is 24.1 Å². The van der Waals surface area contributed by atoms with Crippen molar-refractivity contribution in [1.29, 1.82) is 0 Å². The van der Waals surface area contributed by atoms with Gasteiger partial charge in [-0.25, -0.2) is 9.97 Å². The Morgan fingerprint density at radius 1 is 1.13 bits per heavy atom. The first-order chi connectivity index (χ1) is 11.3. The van der Waals surface area contributed by atoms with E-state index in [9.17, 15) is 0 Å². The van der Waals surface area contributed by atoms with Gasteiger partial charge in [0.15, 0.2) is 5.82 Å². The van der Waals surface area contributed by atoms with E-state index in [0.29, 0.717) is 12.5 Å². The Labute approximate surface area is 140 Å². The van der Waals surface area contributed by atoms with E-state index in [1.54, 1.807) is 14.2 Å². The Hall–Kier alpha value is -1.77. The van der Waals surface area contributed by atoms with Crippen molar-refractivity contribution in [3.8, 4) is 5.88 Å². The molecule has 0 atom stereocenters. The van der Waals surface area contributed by atoms with Crippen LogP contribution < -0.4 is 9.64 Å². The highest BCUT2D eigenvalue weighted by Gasteiger charge is 2.20. The van der Waals surface area contributed by atoms with E-state index >= 15 is 0 Å². The van der Waals surface area contributed by atoms with Gasteiger partial charge in [-0.3, -0.25) is 4.90 Å². The van der Waals surface area contributed by atoms with Crippen LogP contribution >= 0.6 is 11.5 Å². The summed E-state index contributed by atoms with van der Waals surface area (Å²) in [4.78, 5) is 13.7. The largest absolute Gasteiger partial charge is 0.481 e. The zero-order valence-corrected chi connectivity index (χ0v) is 14.3. The van der Waals surface area contributed by atoms with Gasteiger partial charge in [-0.15, -0.1) is 0 Å². The fourth-order valence-corrected chi connectivity index (χ4v) is 3.27. The lowest BCUT2D eigenvalue weighted by molar-refractivity contribution is 0.179. The molecule has 1 aliphatic heterocycles. The molecule has 2 aromatic rings. The summed E-state index contributed by atoms with van der Waals surface area (Å²) in [6, 6.07) is 5.89. The molecule has 7 nitrogen and oxygen atoms in total. The van der Waals surface area contributed by atoms with Gasteiger partial charge >= 0.3 is 0 Å². The van der Waals surface area contributed by atoms with E-state index in [1.807, 2.05) is 18.2 Å². The summed E-state index contributed by atoms with van der Waals surface area (Å²) < 4.78 is 14.6. The molecule has 23 heavy (non-hydrogen) atoms. The van der Waals surface area contributed by atoms with Gasteiger partial charge in [-0.1, -0.05) is 6.07 Å². The summed E-state index contributed by atoms with van der Waals surface area (Å²) in [6.07, 6.45) is 0. The summed E-state index contributed by atoms with van der Waals surface area (Å²) >= 11 is 1.44. The first-order valence-electron chi connectivity index (χ1n) is 7.57. The Kier molecular flexibility index (Phi) is 5.37. The lowest BCUT2D eigenvalue weighted by Crippen LogP contribution is -2.46. The van der Waals surface area contributed by atoms with Crippen LogP contribution in [0.15, 0.2) is 18.2 Å². The molecule has 2 aromatic heterocycles. The summed E-state index contributed by atoms with van der Waals surface area (Å²) in [5, 5.41) is 0.983. The Bertz CT molecular complexity index is 628. The molecule has 1 saturated heterocycles. The molecule has 0 N–H and O–H groups in total. The van der Waals surface area contributed by atoms with Gasteiger partial charge in [0.2, 0.25) is 11.0 Å². The monoisotopic (exact) mass is 335 g/mol. The molecule has 8 heteroatoms. The Morgan fingerprint density at radius 2 is 1.96 bits per heavy atom. The van der Waals surface area contributed by atoms with Crippen molar-refractivity contribution >= 4 is 16.7 Å². The van der Waals surface area contributed by atoms with Gasteiger partial charge in [0.1, 0.15) is 6.61 Å². The maximum atomic E-state index is 5.18. The molecule has 0 aromatic carbocycles. The van der Waals surface area contributed by atoms with Gasteiger partial charge in [0, 0.05) is 57.4 Å². The number of pyridine rings is 1. The average molecular weight is 335 g/mol. The minimum atomic E-state index is 0.470. The molecule has 0 amide bonds. The third-order valence-electron chi connectivity index (χ3n) is 3.75. The maximum absolute atomic E-state index is 5.18. The summed E-state index contributed by atoms with van der Waals surface area (Å²) in [7, 11) is 3.30. The van der Waals surface area contributed by atoms with Gasteiger partial charge < -0.3 is 14.4 Å². The molecule has 0 aliphatic carbocycles. The smallest absolute Gasteiger partial charge is 0.213 e. The molecule has 3 rings (SSSR count). The fourth-order valence-electron chi connectivity index (χ4n) is 2.55. The third-order valence-corrected chi connectivity index (χ3v) is 4.56. The van der Waals surface area contributed by atoms with Crippen molar-refractivity contribution < 1.29 is 9.47 Å². The summed E-state index contributed by atoms with van der Waals surface area (Å²) in [5.41, 5.74) is 1.04. The molecule has 0 radical (unpaired) electrons. The molecular weight excluding hydrogens is 314 g/mol. The van der Waals surface area contributed by atoms with Crippen molar-refractivity contribution in [3.05, 3.63) is 29.7 Å². The minimum Gasteiger partial charge on any atom is -0.481 e. The Morgan fingerprint density at radius 3 is 2.70 bits per heavy atom. The standard InChI is InChI=1S/C15H21N5O2S/c1-21-11-13-17-15(23-18-13)20-8-6-19(7-9-20)10-12-4-3-5-14(16-12)22-2/h3-5H,6-11H2,1-2H3. The number of ether oxygens (including phenoxy) is 2. The van der Waals surface area contributed by atoms with Crippen LogP contribution in [0.25, 0.3) is 0 Å². The van der Waals surface area contributed by atoms with Crippen LogP contribution in [0.1, 0.15) is 11.5 Å². The zero-order chi connectivity index (χ0) is 16.1. The lowest BCUT2D eigenvalue weighted by atomic mass is 10.3. The Balaban J connectivity index is 1.53. The van der Waals surface area contributed by atoms with Crippen LogP contribution in [0.3, 0.4) is 0 Å². The van der Waals surface area contributed by atoms with Crippen LogP contribution in [0.5, 0.6) is 5.88 Å². The number of aromatic nitrogens is 3. The molecule has 1 aliphatic rings. The summed E-state index contributed by atoms with van der Waals surface area (Å²) in [6.45, 7) is 5.18. The molecule has 3 heterocycles.